The zero-order valence-electron chi connectivity index (χ0n) is 13.8. The fraction of sp³-hybridized carbons (Fsp3) is 0.316. The zero-order valence-corrected chi connectivity index (χ0v) is 13.8. The second kappa shape index (κ2) is 7.36. The standard InChI is InChI=1S/C19H22N2O3/c1-24-18-4-2-3-17(13-18)21-11-9-20(10-12-21)14-15-5-7-16(8-6-15)19(22)23/h2-8,13H,9-12,14H2,1H3,(H,22,23). The van der Waals surface area contributed by atoms with E-state index in [1.165, 1.54) is 5.69 Å². The van der Waals surface area contributed by atoms with E-state index in [4.69, 9.17) is 9.84 Å². The van der Waals surface area contributed by atoms with E-state index in [-0.39, 0.29) is 0 Å². The van der Waals surface area contributed by atoms with E-state index in [1.807, 2.05) is 24.3 Å². The van der Waals surface area contributed by atoms with Crippen molar-refractivity contribution >= 4 is 11.7 Å². The van der Waals surface area contributed by atoms with Crippen LogP contribution in [0.25, 0.3) is 0 Å². The highest BCUT2D eigenvalue weighted by Gasteiger charge is 2.17. The fourth-order valence-electron chi connectivity index (χ4n) is 2.98. The quantitative estimate of drug-likeness (QED) is 0.915. The smallest absolute Gasteiger partial charge is 0.335 e. The normalized spacial score (nSPS) is 15.3. The molecule has 3 rings (SSSR count). The van der Waals surface area contributed by atoms with Gasteiger partial charge in [-0.25, -0.2) is 4.79 Å². The molecule has 0 unspecified atom stereocenters. The van der Waals surface area contributed by atoms with Crippen LogP contribution in [0.3, 0.4) is 0 Å². The summed E-state index contributed by atoms with van der Waals surface area (Å²) < 4.78 is 5.29. The Morgan fingerprint density at radius 1 is 1.08 bits per heavy atom. The van der Waals surface area contributed by atoms with Crippen LogP contribution in [0.4, 0.5) is 5.69 Å². The van der Waals surface area contributed by atoms with E-state index >= 15 is 0 Å². The summed E-state index contributed by atoms with van der Waals surface area (Å²) in [6.07, 6.45) is 0. The van der Waals surface area contributed by atoms with E-state index in [0.29, 0.717) is 5.56 Å². The highest BCUT2D eigenvalue weighted by Crippen LogP contribution is 2.22. The Morgan fingerprint density at radius 3 is 2.42 bits per heavy atom. The first kappa shape index (κ1) is 16.3. The molecule has 1 fully saturated rings. The molecule has 0 bridgehead atoms. The molecule has 1 heterocycles. The lowest BCUT2D eigenvalue weighted by Crippen LogP contribution is -2.45. The number of nitrogens with zero attached hydrogens (tertiary/aromatic N) is 2. The van der Waals surface area contributed by atoms with E-state index in [1.54, 1.807) is 19.2 Å². The van der Waals surface area contributed by atoms with Crippen LogP contribution in [-0.2, 0) is 6.54 Å². The van der Waals surface area contributed by atoms with Crippen molar-refractivity contribution in [2.45, 2.75) is 6.54 Å². The van der Waals surface area contributed by atoms with Gasteiger partial charge in [0.05, 0.1) is 12.7 Å². The van der Waals surface area contributed by atoms with Gasteiger partial charge < -0.3 is 14.7 Å². The first-order valence-corrected chi connectivity index (χ1v) is 8.09. The minimum Gasteiger partial charge on any atom is -0.497 e. The number of piperazine rings is 1. The van der Waals surface area contributed by atoms with Crippen LogP contribution in [0.1, 0.15) is 15.9 Å². The number of methoxy groups -OCH3 is 1. The maximum Gasteiger partial charge on any atom is 0.335 e. The molecule has 2 aromatic rings. The molecule has 1 saturated heterocycles. The van der Waals surface area contributed by atoms with Crippen LogP contribution in [0, 0.1) is 0 Å². The molecule has 5 nitrogen and oxygen atoms in total. The topological polar surface area (TPSA) is 53.0 Å². The Kier molecular flexibility index (Phi) is 5.01. The average molecular weight is 326 g/mol. The summed E-state index contributed by atoms with van der Waals surface area (Å²) in [5.74, 6) is 0.00176. The zero-order chi connectivity index (χ0) is 16.9. The van der Waals surface area contributed by atoms with Gasteiger partial charge in [0, 0.05) is 44.5 Å². The van der Waals surface area contributed by atoms with E-state index in [0.717, 1.165) is 44.0 Å². The molecule has 0 spiro atoms. The lowest BCUT2D eigenvalue weighted by molar-refractivity contribution is 0.0697. The second-order valence-electron chi connectivity index (χ2n) is 5.97. The number of hydrogen-bond donors (Lipinski definition) is 1. The summed E-state index contributed by atoms with van der Waals surface area (Å²) in [5.41, 5.74) is 2.68. The number of carboxylic acid groups (broad SMARTS) is 1. The highest BCUT2D eigenvalue weighted by molar-refractivity contribution is 5.87. The molecular formula is C19H22N2O3. The van der Waals surface area contributed by atoms with Gasteiger partial charge in [0.15, 0.2) is 0 Å². The van der Waals surface area contributed by atoms with Gasteiger partial charge in [-0.15, -0.1) is 0 Å². The second-order valence-corrected chi connectivity index (χ2v) is 5.97. The molecule has 0 atom stereocenters. The number of ether oxygens (including phenoxy) is 1. The molecule has 0 saturated carbocycles. The summed E-state index contributed by atoms with van der Waals surface area (Å²) in [4.78, 5) is 15.7. The fourth-order valence-corrected chi connectivity index (χ4v) is 2.98. The Balaban J connectivity index is 1.55. The third kappa shape index (κ3) is 3.86. The van der Waals surface area contributed by atoms with Crippen molar-refractivity contribution in [1.29, 1.82) is 0 Å². The van der Waals surface area contributed by atoms with Crippen molar-refractivity contribution < 1.29 is 14.6 Å². The molecule has 0 aliphatic carbocycles. The van der Waals surface area contributed by atoms with Gasteiger partial charge in [0.1, 0.15) is 5.75 Å². The van der Waals surface area contributed by atoms with Crippen molar-refractivity contribution in [3.63, 3.8) is 0 Å². The van der Waals surface area contributed by atoms with E-state index in [2.05, 4.69) is 21.9 Å². The molecule has 0 aromatic heterocycles. The summed E-state index contributed by atoms with van der Waals surface area (Å²) >= 11 is 0. The third-order valence-corrected chi connectivity index (χ3v) is 4.40. The molecule has 24 heavy (non-hydrogen) atoms. The van der Waals surface area contributed by atoms with Gasteiger partial charge in [-0.1, -0.05) is 18.2 Å². The number of hydrogen-bond acceptors (Lipinski definition) is 4. The van der Waals surface area contributed by atoms with Crippen molar-refractivity contribution in [3.8, 4) is 5.75 Å². The summed E-state index contributed by atoms with van der Waals surface area (Å²) in [6.45, 7) is 4.77. The molecule has 0 radical (unpaired) electrons. The van der Waals surface area contributed by atoms with Gasteiger partial charge in [-0.2, -0.15) is 0 Å². The van der Waals surface area contributed by atoms with Crippen molar-refractivity contribution in [1.82, 2.24) is 4.90 Å². The van der Waals surface area contributed by atoms with Crippen LogP contribution < -0.4 is 9.64 Å². The summed E-state index contributed by atoms with van der Waals surface area (Å²) in [6, 6.07) is 15.3. The maximum absolute atomic E-state index is 10.9. The van der Waals surface area contributed by atoms with Gasteiger partial charge in [-0.05, 0) is 29.8 Å². The molecule has 1 aliphatic rings. The number of benzene rings is 2. The Bertz CT molecular complexity index is 692. The van der Waals surface area contributed by atoms with Crippen LogP contribution >= 0.6 is 0 Å². The molecule has 1 N–H and O–H groups in total. The van der Waals surface area contributed by atoms with Gasteiger partial charge in [0.25, 0.3) is 0 Å². The summed E-state index contributed by atoms with van der Waals surface area (Å²) in [5, 5.41) is 8.95. The maximum atomic E-state index is 10.9. The lowest BCUT2D eigenvalue weighted by atomic mass is 10.1. The monoisotopic (exact) mass is 326 g/mol. The molecule has 5 heteroatoms. The number of aromatic carboxylic acids is 1. The molecule has 2 aromatic carbocycles. The van der Waals surface area contributed by atoms with Crippen LogP contribution in [0.15, 0.2) is 48.5 Å². The predicted octanol–water partition coefficient (Wildman–Crippen LogP) is 2.72. The van der Waals surface area contributed by atoms with Crippen molar-refractivity contribution in [3.05, 3.63) is 59.7 Å². The Morgan fingerprint density at radius 2 is 1.79 bits per heavy atom. The van der Waals surface area contributed by atoms with Gasteiger partial charge >= 0.3 is 5.97 Å². The van der Waals surface area contributed by atoms with Gasteiger partial charge in [-0.3, -0.25) is 4.90 Å². The lowest BCUT2D eigenvalue weighted by Gasteiger charge is -2.36. The summed E-state index contributed by atoms with van der Waals surface area (Å²) in [7, 11) is 1.69. The molecular weight excluding hydrogens is 304 g/mol. The molecule has 1 aliphatic heterocycles. The number of carboxylic acids is 1. The predicted molar refractivity (Wildman–Crippen MR) is 93.9 cm³/mol. The van der Waals surface area contributed by atoms with Crippen molar-refractivity contribution in [2.24, 2.45) is 0 Å². The van der Waals surface area contributed by atoms with E-state index in [9.17, 15) is 4.79 Å². The van der Waals surface area contributed by atoms with Crippen LogP contribution in [0.5, 0.6) is 5.75 Å². The van der Waals surface area contributed by atoms with Crippen LogP contribution in [-0.4, -0.2) is 49.3 Å². The first-order valence-electron chi connectivity index (χ1n) is 8.09. The Hall–Kier alpha value is -2.53. The largest absolute Gasteiger partial charge is 0.497 e. The molecule has 126 valence electrons. The first-order chi connectivity index (χ1) is 11.7. The minimum atomic E-state index is -0.881. The average Bonchev–Trinajstić information content (AvgIpc) is 2.63. The van der Waals surface area contributed by atoms with Gasteiger partial charge in [0.2, 0.25) is 0 Å². The van der Waals surface area contributed by atoms with Crippen molar-refractivity contribution in [2.75, 3.05) is 38.2 Å². The van der Waals surface area contributed by atoms with E-state index < -0.39 is 5.97 Å². The number of carbonyl (C=O) groups is 1. The SMILES string of the molecule is COc1cccc(N2CCN(Cc3ccc(C(=O)O)cc3)CC2)c1. The van der Waals surface area contributed by atoms with Crippen LogP contribution in [0.2, 0.25) is 0 Å². The number of anilines is 1. The highest BCUT2D eigenvalue weighted by atomic mass is 16.5. The number of rotatable bonds is 5. The Labute approximate surface area is 142 Å². The molecule has 0 amide bonds. The third-order valence-electron chi connectivity index (χ3n) is 4.40. The minimum absolute atomic E-state index is 0.335.